The predicted octanol–water partition coefficient (Wildman–Crippen LogP) is 4.12. The van der Waals surface area contributed by atoms with Crippen molar-refractivity contribution in [2.45, 2.75) is 12.4 Å². The van der Waals surface area contributed by atoms with Crippen molar-refractivity contribution in [3.63, 3.8) is 0 Å². The number of esters is 1. The SMILES string of the molecule is O=C(OCCCl)c1cc(C(F)(F)F)ccc1C(F)(F)F. The van der Waals surface area contributed by atoms with Gasteiger partial charge in [0.15, 0.2) is 0 Å². The molecule has 0 unspecified atom stereocenters. The van der Waals surface area contributed by atoms with Crippen LogP contribution in [0.1, 0.15) is 21.5 Å². The topological polar surface area (TPSA) is 26.3 Å². The van der Waals surface area contributed by atoms with E-state index in [4.69, 9.17) is 11.6 Å². The van der Waals surface area contributed by atoms with Crippen LogP contribution >= 0.6 is 11.6 Å². The third kappa shape index (κ3) is 4.03. The van der Waals surface area contributed by atoms with Crippen LogP contribution in [0.15, 0.2) is 18.2 Å². The van der Waals surface area contributed by atoms with E-state index in [9.17, 15) is 31.1 Å². The highest BCUT2D eigenvalue weighted by molar-refractivity contribution is 6.18. The molecule has 0 spiro atoms. The monoisotopic (exact) mass is 320 g/mol. The summed E-state index contributed by atoms with van der Waals surface area (Å²) < 4.78 is 79.6. The van der Waals surface area contributed by atoms with Gasteiger partial charge in [-0.05, 0) is 18.2 Å². The first-order valence-corrected chi connectivity index (χ1v) is 5.62. The third-order valence-electron chi connectivity index (χ3n) is 2.18. The van der Waals surface area contributed by atoms with Crippen molar-refractivity contribution in [1.82, 2.24) is 0 Å². The van der Waals surface area contributed by atoms with E-state index in [1.165, 1.54) is 0 Å². The minimum Gasteiger partial charge on any atom is -0.461 e. The van der Waals surface area contributed by atoms with E-state index in [0.29, 0.717) is 0 Å². The Bertz CT molecular complexity index is 495. The molecule has 0 aliphatic heterocycles. The summed E-state index contributed by atoms with van der Waals surface area (Å²) in [5.74, 6) is -1.70. The number of carbonyl (C=O) groups is 1. The molecule has 0 saturated heterocycles. The molecule has 0 fully saturated rings. The molecule has 2 nitrogen and oxygen atoms in total. The minimum atomic E-state index is -4.97. The van der Waals surface area contributed by atoms with Crippen LogP contribution in [-0.4, -0.2) is 18.5 Å². The maximum atomic E-state index is 12.6. The van der Waals surface area contributed by atoms with Gasteiger partial charge < -0.3 is 4.74 Å². The number of ether oxygens (including phenoxy) is 1. The van der Waals surface area contributed by atoms with Crippen LogP contribution in [0.3, 0.4) is 0 Å². The van der Waals surface area contributed by atoms with Crippen LogP contribution in [0.2, 0.25) is 0 Å². The maximum Gasteiger partial charge on any atom is 0.417 e. The summed E-state index contributed by atoms with van der Waals surface area (Å²) in [6.07, 6.45) is -9.84. The van der Waals surface area contributed by atoms with Crippen LogP contribution < -0.4 is 0 Å². The number of carbonyl (C=O) groups excluding carboxylic acids is 1. The summed E-state index contributed by atoms with van der Waals surface area (Å²) >= 11 is 5.19. The lowest BCUT2D eigenvalue weighted by Crippen LogP contribution is -2.18. The van der Waals surface area contributed by atoms with Gasteiger partial charge in [-0.3, -0.25) is 0 Å². The van der Waals surface area contributed by atoms with E-state index in [1.807, 2.05) is 0 Å². The normalized spacial score (nSPS) is 12.3. The van der Waals surface area contributed by atoms with Gasteiger partial charge in [-0.2, -0.15) is 26.3 Å². The maximum absolute atomic E-state index is 12.6. The van der Waals surface area contributed by atoms with Crippen molar-refractivity contribution < 1.29 is 35.9 Å². The zero-order valence-corrected chi connectivity index (χ0v) is 10.4. The van der Waals surface area contributed by atoms with E-state index in [-0.39, 0.29) is 24.1 Å². The summed E-state index contributed by atoms with van der Waals surface area (Å²) in [5.41, 5.74) is -4.06. The van der Waals surface area contributed by atoms with E-state index < -0.39 is 41.6 Å². The van der Waals surface area contributed by atoms with Crippen LogP contribution in [0.25, 0.3) is 0 Å². The Labute approximate surface area is 114 Å². The minimum absolute atomic E-state index is 0.111. The Morgan fingerprint density at radius 1 is 1.10 bits per heavy atom. The molecule has 1 aromatic rings. The Balaban J connectivity index is 3.31. The van der Waals surface area contributed by atoms with Crippen molar-refractivity contribution in [2.75, 3.05) is 12.5 Å². The Kier molecular flexibility index (Phi) is 4.90. The summed E-state index contributed by atoms with van der Waals surface area (Å²) in [6.45, 7) is -0.409. The van der Waals surface area contributed by atoms with Crippen LogP contribution in [0.5, 0.6) is 0 Å². The Morgan fingerprint density at radius 3 is 2.15 bits per heavy atom. The summed E-state index contributed by atoms with van der Waals surface area (Å²) in [7, 11) is 0. The van der Waals surface area contributed by atoms with Gasteiger partial charge in [0, 0.05) is 0 Å². The molecule has 0 aliphatic rings. The Morgan fingerprint density at radius 2 is 1.70 bits per heavy atom. The molecule has 0 atom stereocenters. The molecule has 0 heterocycles. The second kappa shape index (κ2) is 5.90. The van der Waals surface area contributed by atoms with Crippen molar-refractivity contribution in [3.8, 4) is 0 Å². The van der Waals surface area contributed by atoms with Crippen LogP contribution in [0, 0.1) is 0 Å². The van der Waals surface area contributed by atoms with Crippen molar-refractivity contribution in [2.24, 2.45) is 0 Å². The van der Waals surface area contributed by atoms with Gasteiger partial charge in [-0.25, -0.2) is 4.79 Å². The van der Waals surface area contributed by atoms with Crippen molar-refractivity contribution >= 4 is 17.6 Å². The average molecular weight is 321 g/mol. The first-order chi connectivity index (χ1) is 9.07. The summed E-state index contributed by atoms with van der Waals surface area (Å²) in [4.78, 5) is 11.4. The number of benzene rings is 1. The van der Waals surface area contributed by atoms with Gasteiger partial charge in [0.2, 0.25) is 0 Å². The first kappa shape index (κ1) is 16.6. The Hall–Kier alpha value is -1.44. The lowest BCUT2D eigenvalue weighted by Gasteiger charge is -2.14. The fourth-order valence-electron chi connectivity index (χ4n) is 1.35. The standard InChI is InChI=1S/C11H7ClF6O2/c12-3-4-20-9(19)7-5-6(10(13,14)15)1-2-8(7)11(16,17)18/h1-2,5H,3-4H2. The van der Waals surface area contributed by atoms with E-state index in [2.05, 4.69) is 4.74 Å². The second-order valence-corrected chi connectivity index (χ2v) is 3.96. The molecule has 0 aliphatic carbocycles. The third-order valence-corrected chi connectivity index (χ3v) is 2.34. The molecule has 20 heavy (non-hydrogen) atoms. The predicted molar refractivity (Wildman–Crippen MR) is 57.4 cm³/mol. The number of hydrogen-bond donors (Lipinski definition) is 0. The second-order valence-electron chi connectivity index (χ2n) is 3.58. The van der Waals surface area contributed by atoms with Gasteiger partial charge >= 0.3 is 18.3 Å². The molecular formula is C11H7ClF6O2. The highest BCUT2D eigenvalue weighted by Crippen LogP contribution is 2.36. The van der Waals surface area contributed by atoms with Gasteiger partial charge in [0.05, 0.1) is 22.6 Å². The molecule has 0 radical (unpaired) electrons. The zero-order valence-electron chi connectivity index (χ0n) is 9.61. The quantitative estimate of drug-likeness (QED) is 0.476. The number of hydrogen-bond acceptors (Lipinski definition) is 2. The lowest BCUT2D eigenvalue weighted by atomic mass is 10.0. The van der Waals surface area contributed by atoms with Gasteiger partial charge in [0.1, 0.15) is 6.61 Å². The molecular weight excluding hydrogens is 314 g/mol. The van der Waals surface area contributed by atoms with E-state index in [1.54, 1.807) is 0 Å². The largest absolute Gasteiger partial charge is 0.461 e. The fraction of sp³-hybridized carbons (Fsp3) is 0.364. The number of alkyl halides is 7. The lowest BCUT2D eigenvalue weighted by molar-refractivity contribution is -0.141. The molecule has 1 aromatic carbocycles. The number of halogens is 7. The van der Waals surface area contributed by atoms with Crippen molar-refractivity contribution in [3.05, 3.63) is 34.9 Å². The zero-order chi connectivity index (χ0) is 15.6. The highest BCUT2D eigenvalue weighted by Gasteiger charge is 2.39. The summed E-state index contributed by atoms with van der Waals surface area (Å²) in [6, 6.07) is 0.556. The van der Waals surface area contributed by atoms with Gasteiger partial charge in [-0.15, -0.1) is 11.6 Å². The van der Waals surface area contributed by atoms with Crippen molar-refractivity contribution in [1.29, 1.82) is 0 Å². The van der Waals surface area contributed by atoms with Gasteiger partial charge in [0.25, 0.3) is 0 Å². The first-order valence-electron chi connectivity index (χ1n) is 5.09. The molecule has 0 aromatic heterocycles. The van der Waals surface area contributed by atoms with Crippen LogP contribution in [-0.2, 0) is 17.1 Å². The fourth-order valence-corrected chi connectivity index (χ4v) is 1.42. The molecule has 0 amide bonds. The van der Waals surface area contributed by atoms with Crippen LogP contribution in [0.4, 0.5) is 26.3 Å². The highest BCUT2D eigenvalue weighted by atomic mass is 35.5. The summed E-state index contributed by atoms with van der Waals surface area (Å²) in [5, 5.41) is 0. The van der Waals surface area contributed by atoms with E-state index in [0.717, 1.165) is 0 Å². The van der Waals surface area contributed by atoms with Gasteiger partial charge in [-0.1, -0.05) is 0 Å². The van der Waals surface area contributed by atoms with E-state index >= 15 is 0 Å². The molecule has 9 heteroatoms. The molecule has 0 N–H and O–H groups in total. The smallest absolute Gasteiger partial charge is 0.417 e. The number of rotatable bonds is 3. The molecule has 0 saturated carbocycles. The molecule has 1 rings (SSSR count). The average Bonchev–Trinajstić information content (AvgIpc) is 2.33. The molecule has 0 bridgehead atoms. The molecule has 112 valence electrons.